The molecule has 0 radical (unpaired) electrons. The number of amides is 1. The highest BCUT2D eigenvalue weighted by molar-refractivity contribution is 6.00. The van der Waals surface area contributed by atoms with Gasteiger partial charge in [-0.25, -0.2) is 14.2 Å². The summed E-state index contributed by atoms with van der Waals surface area (Å²) in [6.07, 6.45) is 0.726. The normalized spacial score (nSPS) is 14.9. The Morgan fingerprint density at radius 2 is 1.67 bits per heavy atom. The summed E-state index contributed by atoms with van der Waals surface area (Å²) in [5, 5.41) is 0. The number of halogens is 1. The van der Waals surface area contributed by atoms with Gasteiger partial charge in [-0.3, -0.25) is 23.7 Å². The van der Waals surface area contributed by atoms with Gasteiger partial charge >= 0.3 is 11.7 Å². The summed E-state index contributed by atoms with van der Waals surface area (Å²) in [5.74, 6) is -1.44. The van der Waals surface area contributed by atoms with E-state index in [1.165, 1.54) is 33.6 Å². The fraction of sp³-hybridized carbons (Fsp3) is 0.303. The van der Waals surface area contributed by atoms with Crippen LogP contribution in [0.3, 0.4) is 0 Å². The number of hydrogen-bond acceptors (Lipinski definition) is 9. The number of Topliss-reactive ketones (excluding diaryl/α,β-unsaturated/α-hetero) is 2. The van der Waals surface area contributed by atoms with Crippen molar-refractivity contribution in [1.82, 2.24) is 9.38 Å². The molecule has 4 heterocycles. The number of anilines is 2. The van der Waals surface area contributed by atoms with E-state index in [0.29, 0.717) is 43.2 Å². The summed E-state index contributed by atoms with van der Waals surface area (Å²) in [4.78, 5) is 61.3. The highest BCUT2D eigenvalue weighted by Gasteiger charge is 2.30. The molecule has 6 rings (SSSR count). The first-order valence-corrected chi connectivity index (χ1v) is 14.7. The molecule has 2 aromatic carbocycles. The van der Waals surface area contributed by atoms with Crippen LogP contribution in [0.5, 0.6) is 5.75 Å². The van der Waals surface area contributed by atoms with E-state index < -0.39 is 23.3 Å². The number of pyridine rings is 1. The number of cyclic esters (lactones) is 1. The smallest absolute Gasteiger partial charge is 0.414 e. The van der Waals surface area contributed by atoms with Crippen LogP contribution < -0.4 is 20.1 Å². The van der Waals surface area contributed by atoms with Gasteiger partial charge in [-0.1, -0.05) is 42.5 Å². The Morgan fingerprint density at radius 3 is 2.38 bits per heavy atom. The Balaban J connectivity index is 1.39. The van der Waals surface area contributed by atoms with Gasteiger partial charge in [-0.2, -0.15) is 0 Å². The lowest BCUT2D eigenvalue weighted by Gasteiger charge is -2.30. The lowest BCUT2D eigenvalue weighted by Crippen LogP contribution is -2.37. The number of benzene rings is 2. The van der Waals surface area contributed by atoms with E-state index in [2.05, 4.69) is 4.98 Å². The molecule has 2 fully saturated rings. The number of fused-ring (bicyclic) bond motifs is 1. The first kappa shape index (κ1) is 29.9. The number of carbonyl (C=O) groups is 3. The van der Waals surface area contributed by atoms with Crippen LogP contribution in [0.15, 0.2) is 71.7 Å². The van der Waals surface area contributed by atoms with Crippen molar-refractivity contribution in [2.75, 3.05) is 49.3 Å². The van der Waals surface area contributed by atoms with Crippen LogP contribution in [0.2, 0.25) is 0 Å². The molecule has 2 aliphatic rings. The van der Waals surface area contributed by atoms with Gasteiger partial charge in [0.2, 0.25) is 5.75 Å². The van der Waals surface area contributed by atoms with Crippen LogP contribution in [0.1, 0.15) is 34.5 Å². The summed E-state index contributed by atoms with van der Waals surface area (Å²) < 4.78 is 31.2. The van der Waals surface area contributed by atoms with Crippen LogP contribution in [-0.2, 0) is 27.3 Å². The maximum absolute atomic E-state index is 14.1. The Bertz CT molecular complexity index is 1790. The van der Waals surface area contributed by atoms with Crippen LogP contribution in [0, 0.1) is 5.82 Å². The minimum absolute atomic E-state index is 0.00205. The second-order valence-electron chi connectivity index (χ2n) is 10.8. The fourth-order valence-electron chi connectivity index (χ4n) is 5.34. The molecule has 4 aromatic rings. The number of ether oxygens (including phenoxy) is 3. The first-order chi connectivity index (χ1) is 21.9. The Hall–Kier alpha value is -5.10. The van der Waals surface area contributed by atoms with Crippen molar-refractivity contribution in [2.24, 2.45) is 0 Å². The van der Waals surface area contributed by atoms with Gasteiger partial charge in [-0.15, -0.1) is 0 Å². The summed E-state index contributed by atoms with van der Waals surface area (Å²) in [5.41, 5.74) is 1.63. The molecule has 0 bridgehead atoms. The van der Waals surface area contributed by atoms with E-state index in [1.54, 1.807) is 12.3 Å². The number of ketones is 2. The maximum atomic E-state index is 14.1. The topological polar surface area (TPSA) is 120 Å². The fourth-order valence-corrected chi connectivity index (χ4v) is 5.34. The largest absolute Gasteiger partial charge is 0.481 e. The van der Waals surface area contributed by atoms with Crippen molar-refractivity contribution in [3.05, 3.63) is 99.9 Å². The Labute approximate surface area is 257 Å². The van der Waals surface area contributed by atoms with Gasteiger partial charge in [-0.05, 0) is 29.3 Å². The van der Waals surface area contributed by atoms with E-state index in [-0.39, 0.29) is 61.9 Å². The third-order valence-corrected chi connectivity index (χ3v) is 7.71. The quantitative estimate of drug-likeness (QED) is 0.231. The summed E-state index contributed by atoms with van der Waals surface area (Å²) in [6, 6.07) is 16.5. The number of aromatic nitrogens is 2. The number of morpholine rings is 1. The molecular weight excluding hydrogens is 583 g/mol. The van der Waals surface area contributed by atoms with E-state index >= 15 is 0 Å². The third kappa shape index (κ3) is 6.70. The van der Waals surface area contributed by atoms with Crippen LogP contribution >= 0.6 is 0 Å². The van der Waals surface area contributed by atoms with Gasteiger partial charge in [0.1, 0.15) is 24.8 Å². The molecule has 1 amide bonds. The number of rotatable bonds is 11. The number of carbonyl (C=O) groups excluding carboxylic acids is 3. The third-order valence-electron chi connectivity index (χ3n) is 7.71. The molecule has 2 saturated heterocycles. The highest BCUT2D eigenvalue weighted by atomic mass is 19.1. The zero-order chi connectivity index (χ0) is 31.3. The second kappa shape index (κ2) is 13.3. The molecule has 0 aliphatic carbocycles. The number of nitrogens with zero attached hydrogens (tertiary/aromatic N) is 4. The zero-order valence-electron chi connectivity index (χ0n) is 24.4. The van der Waals surface area contributed by atoms with Crippen molar-refractivity contribution >= 4 is 34.7 Å². The van der Waals surface area contributed by atoms with Crippen molar-refractivity contribution in [3.63, 3.8) is 0 Å². The summed E-state index contributed by atoms with van der Waals surface area (Å²) in [7, 11) is 0. The van der Waals surface area contributed by atoms with Crippen molar-refractivity contribution < 1.29 is 33.0 Å². The van der Waals surface area contributed by atoms with E-state index in [4.69, 9.17) is 14.2 Å². The second-order valence-corrected chi connectivity index (χ2v) is 10.8. The molecule has 45 heavy (non-hydrogen) atoms. The number of hydrogen-bond donors (Lipinski definition) is 0. The molecule has 232 valence electrons. The predicted molar refractivity (Wildman–Crippen MR) is 163 cm³/mol. The Morgan fingerprint density at radius 1 is 0.911 bits per heavy atom. The van der Waals surface area contributed by atoms with Crippen molar-refractivity contribution in [2.45, 2.75) is 25.9 Å². The average molecular weight is 615 g/mol. The molecule has 12 heteroatoms. The molecular formula is C33H31FN4O7. The molecule has 0 atom stereocenters. The standard InChI is InChI=1S/C33H31FN4O7/c34-24-8-6-22(7-9-24)18-26(39)10-11-28(40)29-30(45-21-23-4-2-1-3-5-23)32(41)38-20-25(36-12-15-43-16-13-36)19-27(31(38)35-29)37-14-17-44-33(37)42/h1-9,19-20H,10-18,21H2. The van der Waals surface area contributed by atoms with Gasteiger partial charge in [0.25, 0.3) is 0 Å². The van der Waals surface area contributed by atoms with Crippen LogP contribution in [0.4, 0.5) is 20.6 Å². The first-order valence-electron chi connectivity index (χ1n) is 14.7. The molecule has 11 nitrogen and oxygen atoms in total. The molecule has 0 unspecified atom stereocenters. The van der Waals surface area contributed by atoms with Gasteiger partial charge in [0.05, 0.1) is 31.1 Å². The molecule has 0 spiro atoms. The molecule has 0 saturated carbocycles. The van der Waals surface area contributed by atoms with E-state index in [1.807, 2.05) is 35.2 Å². The molecule has 0 N–H and O–H groups in total. The van der Waals surface area contributed by atoms with Gasteiger partial charge in [0.15, 0.2) is 17.1 Å². The predicted octanol–water partition coefficient (Wildman–Crippen LogP) is 3.98. The molecule has 2 aromatic heterocycles. The zero-order valence-corrected chi connectivity index (χ0v) is 24.4. The van der Waals surface area contributed by atoms with Crippen LogP contribution in [0.25, 0.3) is 5.65 Å². The SMILES string of the molecule is O=C(CCC(=O)c1nc2c(N3CCOC3=O)cc(N3CCOCC3)cn2c(=O)c1OCc1ccccc1)Cc1ccc(F)cc1. The minimum atomic E-state index is -0.624. The lowest BCUT2D eigenvalue weighted by molar-refractivity contribution is -0.118. The van der Waals surface area contributed by atoms with Gasteiger partial charge < -0.3 is 19.1 Å². The summed E-state index contributed by atoms with van der Waals surface area (Å²) in [6.45, 7) is 2.58. The van der Waals surface area contributed by atoms with E-state index in [0.717, 1.165) is 5.56 Å². The van der Waals surface area contributed by atoms with E-state index in [9.17, 15) is 23.6 Å². The Kier molecular flexibility index (Phi) is 8.83. The molecule has 2 aliphatic heterocycles. The van der Waals surface area contributed by atoms with Gasteiger partial charge in [0, 0.05) is 38.5 Å². The van der Waals surface area contributed by atoms with Crippen molar-refractivity contribution in [3.8, 4) is 5.75 Å². The lowest BCUT2D eigenvalue weighted by atomic mass is 10.0. The average Bonchev–Trinajstić information content (AvgIpc) is 3.50. The van der Waals surface area contributed by atoms with Crippen molar-refractivity contribution in [1.29, 1.82) is 0 Å². The monoisotopic (exact) mass is 614 g/mol. The van der Waals surface area contributed by atoms with Crippen LogP contribution in [-0.4, -0.2) is 66.5 Å². The minimum Gasteiger partial charge on any atom is -0.481 e. The highest BCUT2D eigenvalue weighted by Crippen LogP contribution is 2.31. The summed E-state index contributed by atoms with van der Waals surface area (Å²) >= 11 is 0. The maximum Gasteiger partial charge on any atom is 0.414 e.